The number of hydrogen-bond donors (Lipinski definition) is 0. The molecule has 3 heterocycles. The van der Waals surface area contributed by atoms with Crippen molar-refractivity contribution in [3.8, 4) is 11.5 Å². The Morgan fingerprint density at radius 1 is 0.885 bits per heavy atom. The number of anilines is 1. The third kappa shape index (κ3) is 2.73. The molecule has 2 aromatic carbocycles. The number of piperidine rings is 1. The van der Waals surface area contributed by atoms with Crippen molar-refractivity contribution >= 4 is 17.0 Å². The van der Waals surface area contributed by atoms with E-state index in [0.717, 1.165) is 48.5 Å². The molecule has 1 aliphatic heterocycles. The zero-order valence-corrected chi connectivity index (χ0v) is 14.2. The van der Waals surface area contributed by atoms with Crippen molar-refractivity contribution in [2.45, 2.75) is 18.8 Å². The lowest BCUT2D eigenvalue weighted by Gasteiger charge is -2.29. The van der Waals surface area contributed by atoms with Crippen LogP contribution >= 0.6 is 0 Å². The summed E-state index contributed by atoms with van der Waals surface area (Å²) < 4.78 is 11.4. The lowest BCUT2D eigenvalue weighted by atomic mass is 9.97. The molecule has 1 saturated heterocycles. The molecular formula is C20H18N4O2. The molecular weight excluding hydrogens is 328 g/mol. The van der Waals surface area contributed by atoms with E-state index >= 15 is 0 Å². The third-order valence-corrected chi connectivity index (χ3v) is 4.87. The van der Waals surface area contributed by atoms with Crippen molar-refractivity contribution in [2.75, 3.05) is 18.0 Å². The van der Waals surface area contributed by atoms with Crippen LogP contribution in [0, 0.1) is 0 Å². The first kappa shape index (κ1) is 15.1. The molecule has 0 radical (unpaired) electrons. The first-order valence-electron chi connectivity index (χ1n) is 8.86. The summed E-state index contributed by atoms with van der Waals surface area (Å²) in [6, 6.07) is 17.7. The summed E-state index contributed by atoms with van der Waals surface area (Å²) in [7, 11) is 0. The van der Waals surface area contributed by atoms with E-state index in [2.05, 4.69) is 20.0 Å². The molecule has 2 aromatic heterocycles. The molecule has 0 bridgehead atoms. The maximum Gasteiger partial charge on any atom is 0.266 e. The van der Waals surface area contributed by atoms with Crippen LogP contribution in [0.15, 0.2) is 63.5 Å². The van der Waals surface area contributed by atoms with Crippen LogP contribution in [0.25, 0.3) is 22.6 Å². The van der Waals surface area contributed by atoms with Crippen molar-refractivity contribution in [2.24, 2.45) is 0 Å². The normalized spacial score (nSPS) is 15.6. The Morgan fingerprint density at radius 2 is 1.65 bits per heavy atom. The van der Waals surface area contributed by atoms with Crippen molar-refractivity contribution < 1.29 is 8.94 Å². The van der Waals surface area contributed by atoms with Gasteiger partial charge in [0.25, 0.3) is 11.8 Å². The predicted molar refractivity (Wildman–Crippen MR) is 97.9 cm³/mol. The van der Waals surface area contributed by atoms with Gasteiger partial charge in [0.05, 0.1) is 0 Å². The van der Waals surface area contributed by atoms with Crippen LogP contribution in [-0.2, 0) is 0 Å². The maximum absolute atomic E-state index is 5.93. The molecule has 0 amide bonds. The molecule has 0 N–H and O–H groups in total. The van der Waals surface area contributed by atoms with Gasteiger partial charge >= 0.3 is 0 Å². The number of aromatic nitrogens is 3. The van der Waals surface area contributed by atoms with Gasteiger partial charge in [-0.25, -0.2) is 4.98 Å². The average molecular weight is 346 g/mol. The second-order valence-electron chi connectivity index (χ2n) is 6.55. The van der Waals surface area contributed by atoms with Crippen molar-refractivity contribution in [1.82, 2.24) is 15.1 Å². The lowest BCUT2D eigenvalue weighted by molar-refractivity contribution is 0.397. The minimum absolute atomic E-state index is 0.333. The number of hydrogen-bond acceptors (Lipinski definition) is 6. The minimum atomic E-state index is 0.333. The fourth-order valence-electron chi connectivity index (χ4n) is 3.43. The van der Waals surface area contributed by atoms with Crippen LogP contribution in [-0.4, -0.2) is 28.2 Å². The summed E-state index contributed by atoms with van der Waals surface area (Å²) in [4.78, 5) is 11.4. The van der Waals surface area contributed by atoms with Crippen LogP contribution in [0.2, 0.25) is 0 Å². The lowest BCUT2D eigenvalue weighted by Crippen LogP contribution is -2.33. The van der Waals surface area contributed by atoms with Gasteiger partial charge in [-0.05, 0) is 42.3 Å². The first-order valence-corrected chi connectivity index (χ1v) is 8.86. The van der Waals surface area contributed by atoms with E-state index in [1.165, 1.54) is 0 Å². The molecule has 130 valence electrons. The predicted octanol–water partition coefficient (Wildman–Crippen LogP) is 4.26. The number of para-hydroxylation sites is 2. The topological polar surface area (TPSA) is 68.2 Å². The van der Waals surface area contributed by atoms with Crippen molar-refractivity contribution in [1.29, 1.82) is 0 Å². The van der Waals surface area contributed by atoms with Gasteiger partial charge in [-0.2, -0.15) is 4.98 Å². The Hall–Kier alpha value is -3.15. The van der Waals surface area contributed by atoms with Crippen molar-refractivity contribution in [3.05, 3.63) is 60.5 Å². The number of oxazole rings is 1. The Morgan fingerprint density at radius 3 is 2.46 bits per heavy atom. The van der Waals surface area contributed by atoms with Gasteiger partial charge in [-0.15, -0.1) is 0 Å². The average Bonchev–Trinajstić information content (AvgIpc) is 3.36. The van der Waals surface area contributed by atoms with Crippen LogP contribution in [0.5, 0.6) is 0 Å². The van der Waals surface area contributed by atoms with Gasteiger partial charge in [-0.1, -0.05) is 30.3 Å². The molecule has 1 fully saturated rings. The van der Waals surface area contributed by atoms with Crippen LogP contribution in [0.1, 0.15) is 24.7 Å². The molecule has 0 saturated carbocycles. The van der Waals surface area contributed by atoms with Gasteiger partial charge in [0.15, 0.2) is 11.5 Å². The molecule has 6 heteroatoms. The minimum Gasteiger partial charge on any atom is -0.440 e. The highest BCUT2D eigenvalue weighted by Gasteiger charge is 2.27. The summed E-state index contributed by atoms with van der Waals surface area (Å²) in [6.07, 6.45) is 1.92. The highest BCUT2D eigenvalue weighted by molar-refractivity contribution is 5.72. The van der Waals surface area contributed by atoms with Gasteiger partial charge < -0.3 is 13.8 Å². The smallest absolute Gasteiger partial charge is 0.266 e. The zero-order chi connectivity index (χ0) is 17.3. The molecule has 5 rings (SSSR count). The molecule has 0 unspecified atom stereocenters. The molecule has 1 aliphatic rings. The monoisotopic (exact) mass is 346 g/mol. The maximum atomic E-state index is 5.93. The van der Waals surface area contributed by atoms with Gasteiger partial charge in [0.2, 0.25) is 0 Å². The number of rotatable bonds is 3. The number of nitrogens with zero attached hydrogens (tertiary/aromatic N) is 4. The van der Waals surface area contributed by atoms with Crippen molar-refractivity contribution in [3.63, 3.8) is 0 Å². The summed E-state index contributed by atoms with van der Waals surface area (Å²) in [5, 5.41) is 4.15. The quantitative estimate of drug-likeness (QED) is 0.552. The number of benzene rings is 2. The molecule has 26 heavy (non-hydrogen) atoms. The van der Waals surface area contributed by atoms with E-state index in [1.54, 1.807) is 0 Å². The zero-order valence-electron chi connectivity index (χ0n) is 14.2. The van der Waals surface area contributed by atoms with Gasteiger partial charge in [0, 0.05) is 24.6 Å². The molecule has 4 aromatic rings. The van der Waals surface area contributed by atoms with Crippen LogP contribution in [0.3, 0.4) is 0 Å². The van der Waals surface area contributed by atoms with E-state index in [-0.39, 0.29) is 0 Å². The van der Waals surface area contributed by atoms with E-state index in [1.807, 2.05) is 54.6 Å². The summed E-state index contributed by atoms with van der Waals surface area (Å²) >= 11 is 0. The van der Waals surface area contributed by atoms with Gasteiger partial charge in [-0.3, -0.25) is 0 Å². The highest BCUT2D eigenvalue weighted by atomic mass is 16.5. The molecule has 0 aliphatic carbocycles. The van der Waals surface area contributed by atoms with E-state index < -0.39 is 0 Å². The van der Waals surface area contributed by atoms with E-state index in [9.17, 15) is 0 Å². The molecule has 0 spiro atoms. The molecule has 6 nitrogen and oxygen atoms in total. The van der Waals surface area contributed by atoms with E-state index in [0.29, 0.717) is 17.8 Å². The highest BCUT2D eigenvalue weighted by Crippen LogP contribution is 2.31. The second kappa shape index (κ2) is 6.29. The Bertz CT molecular complexity index is 983. The van der Waals surface area contributed by atoms with Gasteiger partial charge in [0.1, 0.15) is 5.52 Å². The largest absolute Gasteiger partial charge is 0.440 e. The second-order valence-corrected chi connectivity index (χ2v) is 6.55. The summed E-state index contributed by atoms with van der Waals surface area (Å²) in [5.74, 6) is 2.38. The standard InChI is InChI=1S/C20H18N4O2/c1-2-6-14(7-3-1)19-22-20(23-26-19)24-12-10-15(11-13-24)18-21-16-8-4-5-9-17(16)25-18/h1-9,15H,10-13H2. The first-order chi connectivity index (χ1) is 12.9. The summed E-state index contributed by atoms with van der Waals surface area (Å²) in [6.45, 7) is 1.72. The Labute approximate surface area is 150 Å². The summed E-state index contributed by atoms with van der Waals surface area (Å²) in [5.41, 5.74) is 2.72. The number of fused-ring (bicyclic) bond motifs is 1. The Kier molecular flexibility index (Phi) is 3.66. The fraction of sp³-hybridized carbons (Fsp3) is 0.250. The van der Waals surface area contributed by atoms with Crippen LogP contribution in [0.4, 0.5) is 5.95 Å². The SMILES string of the molecule is c1ccc(-c2nc(N3CCC(c4nc5ccccc5o4)CC3)no2)cc1. The fourth-order valence-corrected chi connectivity index (χ4v) is 3.43. The van der Waals surface area contributed by atoms with Crippen LogP contribution < -0.4 is 4.90 Å². The molecule has 0 atom stereocenters. The third-order valence-electron chi connectivity index (χ3n) is 4.87. The Balaban J connectivity index is 1.29. The van der Waals surface area contributed by atoms with E-state index in [4.69, 9.17) is 8.94 Å².